The van der Waals surface area contributed by atoms with E-state index in [2.05, 4.69) is 10.6 Å². The number of hydrogen-bond acceptors (Lipinski definition) is 2. The van der Waals surface area contributed by atoms with Gasteiger partial charge in [-0.15, -0.1) is 0 Å². The third-order valence-corrected chi connectivity index (χ3v) is 3.37. The highest BCUT2D eigenvalue weighted by Gasteiger charge is 2.29. The van der Waals surface area contributed by atoms with E-state index in [1.165, 1.54) is 0 Å². The van der Waals surface area contributed by atoms with Crippen molar-refractivity contribution in [3.05, 3.63) is 28.3 Å². The second-order valence-electron chi connectivity index (χ2n) is 4.98. The monoisotopic (exact) mass is 280 g/mol. The average molecular weight is 281 g/mol. The van der Waals surface area contributed by atoms with Crippen LogP contribution in [0, 0.1) is 19.8 Å². The number of aryl methyl sites for hydroxylation is 2. The summed E-state index contributed by atoms with van der Waals surface area (Å²) < 4.78 is 0. The molecule has 0 heterocycles. The maximum absolute atomic E-state index is 11.8. The lowest BCUT2D eigenvalue weighted by Gasteiger charge is -2.12. The molecule has 2 N–H and O–H groups in total. The summed E-state index contributed by atoms with van der Waals surface area (Å²) in [6.45, 7) is 3.82. The maximum atomic E-state index is 11.8. The number of rotatable bonds is 4. The maximum Gasteiger partial charge on any atom is 0.243 e. The van der Waals surface area contributed by atoms with E-state index in [-0.39, 0.29) is 24.3 Å². The lowest BCUT2D eigenvalue weighted by atomic mass is 10.1. The van der Waals surface area contributed by atoms with Gasteiger partial charge in [-0.05, 0) is 43.9 Å². The van der Waals surface area contributed by atoms with Crippen LogP contribution in [0.2, 0.25) is 5.02 Å². The summed E-state index contributed by atoms with van der Waals surface area (Å²) >= 11 is 6.10. The zero-order valence-electron chi connectivity index (χ0n) is 11.0. The number of amides is 2. The van der Waals surface area contributed by atoms with E-state index >= 15 is 0 Å². The Bertz CT molecular complexity index is 501. The minimum absolute atomic E-state index is 0.0149. The van der Waals surface area contributed by atoms with Crippen LogP contribution >= 0.6 is 11.6 Å². The van der Waals surface area contributed by atoms with Crippen molar-refractivity contribution in [2.24, 2.45) is 5.92 Å². The molecule has 0 spiro atoms. The first-order valence-electron chi connectivity index (χ1n) is 6.31. The van der Waals surface area contributed by atoms with Crippen molar-refractivity contribution >= 4 is 29.1 Å². The van der Waals surface area contributed by atoms with Crippen LogP contribution in [-0.2, 0) is 9.59 Å². The zero-order valence-corrected chi connectivity index (χ0v) is 11.8. The molecule has 2 rings (SSSR count). The highest BCUT2D eigenvalue weighted by atomic mass is 35.5. The second kappa shape index (κ2) is 5.61. The number of carbonyl (C=O) groups is 2. The van der Waals surface area contributed by atoms with Crippen molar-refractivity contribution < 1.29 is 9.59 Å². The third kappa shape index (κ3) is 3.70. The average Bonchev–Trinajstić information content (AvgIpc) is 3.14. The first-order valence-corrected chi connectivity index (χ1v) is 6.69. The molecule has 0 aromatic heterocycles. The standard InChI is InChI=1S/C14H17ClN2O2/c1-8-5-9(2)13(11(15)6-8)17-12(18)7-16-14(19)10-3-4-10/h5-6,10H,3-4,7H2,1-2H3,(H,16,19)(H,17,18). The first-order chi connectivity index (χ1) is 8.97. The molecule has 1 saturated carbocycles. The topological polar surface area (TPSA) is 58.2 Å². The van der Waals surface area contributed by atoms with Gasteiger partial charge in [-0.1, -0.05) is 17.7 Å². The van der Waals surface area contributed by atoms with Gasteiger partial charge in [-0.3, -0.25) is 9.59 Å². The number of carbonyl (C=O) groups excluding carboxylic acids is 2. The second-order valence-corrected chi connectivity index (χ2v) is 5.39. The lowest BCUT2D eigenvalue weighted by Crippen LogP contribution is -2.33. The van der Waals surface area contributed by atoms with Gasteiger partial charge in [0.15, 0.2) is 0 Å². The molecule has 0 saturated heterocycles. The van der Waals surface area contributed by atoms with Gasteiger partial charge < -0.3 is 10.6 Å². The number of hydrogen-bond donors (Lipinski definition) is 2. The van der Waals surface area contributed by atoms with Crippen LogP contribution in [0.3, 0.4) is 0 Å². The van der Waals surface area contributed by atoms with Gasteiger partial charge in [-0.2, -0.15) is 0 Å². The Labute approximate surface area is 117 Å². The van der Waals surface area contributed by atoms with Gasteiger partial charge in [0.1, 0.15) is 0 Å². The summed E-state index contributed by atoms with van der Waals surface area (Å²) in [6.07, 6.45) is 1.85. The molecule has 5 heteroatoms. The fourth-order valence-corrected chi connectivity index (χ4v) is 2.28. The van der Waals surface area contributed by atoms with Gasteiger partial charge in [-0.25, -0.2) is 0 Å². The molecule has 0 bridgehead atoms. The predicted octanol–water partition coefficient (Wildman–Crippen LogP) is 2.42. The Hall–Kier alpha value is -1.55. The first kappa shape index (κ1) is 13.9. The summed E-state index contributed by atoms with van der Waals surface area (Å²) in [4.78, 5) is 23.2. The molecular formula is C14H17ClN2O2. The number of anilines is 1. The molecule has 1 aliphatic carbocycles. The molecule has 0 atom stereocenters. The highest BCUT2D eigenvalue weighted by Crippen LogP contribution is 2.29. The smallest absolute Gasteiger partial charge is 0.243 e. The van der Waals surface area contributed by atoms with Crippen LogP contribution in [0.25, 0.3) is 0 Å². The van der Waals surface area contributed by atoms with Crippen LogP contribution in [0.1, 0.15) is 24.0 Å². The van der Waals surface area contributed by atoms with Gasteiger partial charge in [0.25, 0.3) is 0 Å². The summed E-state index contributed by atoms with van der Waals surface area (Å²) in [5.41, 5.74) is 2.56. The van der Waals surface area contributed by atoms with Crippen molar-refractivity contribution in [2.45, 2.75) is 26.7 Å². The van der Waals surface area contributed by atoms with Crippen molar-refractivity contribution in [1.82, 2.24) is 5.32 Å². The van der Waals surface area contributed by atoms with Crippen LogP contribution in [0.5, 0.6) is 0 Å². The summed E-state index contributed by atoms with van der Waals surface area (Å²) in [7, 11) is 0. The Kier molecular flexibility index (Phi) is 4.10. The summed E-state index contributed by atoms with van der Waals surface area (Å²) in [5, 5.41) is 5.87. The molecule has 1 aromatic rings. The van der Waals surface area contributed by atoms with E-state index < -0.39 is 0 Å². The molecule has 0 aliphatic heterocycles. The Balaban J connectivity index is 1.93. The van der Waals surface area contributed by atoms with Crippen molar-refractivity contribution in [2.75, 3.05) is 11.9 Å². The third-order valence-electron chi connectivity index (χ3n) is 3.07. The van der Waals surface area contributed by atoms with Gasteiger partial charge in [0.2, 0.25) is 11.8 Å². The molecule has 2 amide bonds. The fourth-order valence-electron chi connectivity index (χ4n) is 1.91. The van der Waals surface area contributed by atoms with Crippen molar-refractivity contribution in [1.29, 1.82) is 0 Å². The minimum atomic E-state index is -0.261. The molecule has 1 fully saturated rings. The van der Waals surface area contributed by atoms with E-state index in [1.54, 1.807) is 6.07 Å². The molecule has 19 heavy (non-hydrogen) atoms. The lowest BCUT2D eigenvalue weighted by molar-refractivity contribution is -0.125. The Morgan fingerprint density at radius 1 is 1.32 bits per heavy atom. The molecular weight excluding hydrogens is 264 g/mol. The minimum Gasteiger partial charge on any atom is -0.347 e. The zero-order chi connectivity index (χ0) is 14.0. The van der Waals surface area contributed by atoms with Crippen molar-refractivity contribution in [3.63, 3.8) is 0 Å². The van der Waals surface area contributed by atoms with E-state index in [9.17, 15) is 9.59 Å². The normalized spacial score (nSPS) is 14.1. The van der Waals surface area contributed by atoms with Gasteiger partial charge >= 0.3 is 0 Å². The molecule has 102 valence electrons. The van der Waals surface area contributed by atoms with E-state index in [4.69, 9.17) is 11.6 Å². The van der Waals surface area contributed by atoms with Crippen LogP contribution < -0.4 is 10.6 Å². The Morgan fingerprint density at radius 2 is 2.00 bits per heavy atom. The molecule has 4 nitrogen and oxygen atoms in total. The quantitative estimate of drug-likeness (QED) is 0.890. The van der Waals surface area contributed by atoms with Gasteiger partial charge in [0, 0.05) is 5.92 Å². The van der Waals surface area contributed by atoms with Gasteiger partial charge in [0.05, 0.1) is 17.3 Å². The SMILES string of the molecule is Cc1cc(C)c(NC(=O)CNC(=O)C2CC2)c(Cl)c1. The molecule has 1 aliphatic rings. The van der Waals surface area contributed by atoms with Crippen LogP contribution in [0.4, 0.5) is 5.69 Å². The van der Waals surface area contributed by atoms with E-state index in [0.717, 1.165) is 24.0 Å². The fraction of sp³-hybridized carbons (Fsp3) is 0.429. The highest BCUT2D eigenvalue weighted by molar-refractivity contribution is 6.34. The van der Waals surface area contributed by atoms with Crippen LogP contribution in [-0.4, -0.2) is 18.4 Å². The van der Waals surface area contributed by atoms with Crippen molar-refractivity contribution in [3.8, 4) is 0 Å². The summed E-state index contributed by atoms with van der Waals surface area (Å²) in [6, 6.07) is 3.75. The Morgan fingerprint density at radius 3 is 2.58 bits per heavy atom. The van der Waals surface area contributed by atoms with E-state index in [0.29, 0.717) is 10.7 Å². The molecule has 0 unspecified atom stereocenters. The largest absolute Gasteiger partial charge is 0.347 e. The predicted molar refractivity (Wildman–Crippen MR) is 75.3 cm³/mol. The molecule has 1 aromatic carbocycles. The molecule has 0 radical (unpaired) electrons. The number of halogens is 1. The summed E-state index contributed by atoms with van der Waals surface area (Å²) in [5.74, 6) is -0.192. The number of nitrogens with one attached hydrogen (secondary N) is 2. The number of benzene rings is 1. The van der Waals surface area contributed by atoms with Crippen LogP contribution in [0.15, 0.2) is 12.1 Å². The van der Waals surface area contributed by atoms with E-state index in [1.807, 2.05) is 19.9 Å².